The molecule has 6 heteroatoms. The molecule has 0 spiro atoms. The molecule has 0 saturated heterocycles. The Hall–Kier alpha value is -3.12. The van der Waals surface area contributed by atoms with Crippen molar-refractivity contribution >= 4 is 17.7 Å². The molecule has 0 aliphatic heterocycles. The van der Waals surface area contributed by atoms with Gasteiger partial charge in [-0.15, -0.1) is 11.8 Å². The third kappa shape index (κ3) is 7.04. The Labute approximate surface area is 181 Å². The largest absolute Gasteiger partial charge is 0.497 e. The molecule has 0 atom stereocenters. The maximum atomic E-state index is 12.2. The molecule has 1 amide bonds. The normalized spacial score (nSPS) is 10.3. The Morgan fingerprint density at radius 2 is 1.40 bits per heavy atom. The van der Waals surface area contributed by atoms with Gasteiger partial charge in [0, 0.05) is 16.2 Å². The summed E-state index contributed by atoms with van der Waals surface area (Å²) in [4.78, 5) is 13.5. The SMILES string of the molecule is COc1ccc(OCCNC(=O)c2ccc(OCCSc3ccccc3)cc2)cc1. The van der Waals surface area contributed by atoms with Crippen LogP contribution in [-0.4, -0.2) is 38.5 Å². The van der Waals surface area contributed by atoms with Gasteiger partial charge in [0.15, 0.2) is 0 Å². The van der Waals surface area contributed by atoms with Crippen LogP contribution in [0.3, 0.4) is 0 Å². The molecule has 3 aromatic rings. The molecule has 0 heterocycles. The first-order chi connectivity index (χ1) is 14.7. The van der Waals surface area contributed by atoms with Crippen molar-refractivity contribution in [2.24, 2.45) is 0 Å². The van der Waals surface area contributed by atoms with Crippen molar-refractivity contribution in [3.8, 4) is 17.2 Å². The maximum Gasteiger partial charge on any atom is 0.251 e. The Balaban J connectivity index is 1.33. The summed E-state index contributed by atoms with van der Waals surface area (Å²) in [5.41, 5.74) is 0.588. The van der Waals surface area contributed by atoms with E-state index in [2.05, 4.69) is 17.4 Å². The van der Waals surface area contributed by atoms with E-state index in [4.69, 9.17) is 14.2 Å². The van der Waals surface area contributed by atoms with Gasteiger partial charge in [0.2, 0.25) is 0 Å². The van der Waals surface area contributed by atoms with E-state index < -0.39 is 0 Å². The van der Waals surface area contributed by atoms with E-state index in [1.54, 1.807) is 31.0 Å². The number of carbonyl (C=O) groups excluding carboxylic acids is 1. The molecule has 0 aliphatic rings. The van der Waals surface area contributed by atoms with Crippen LogP contribution in [0, 0.1) is 0 Å². The molecule has 0 fully saturated rings. The second-order valence-corrected chi connectivity index (χ2v) is 7.48. The number of carbonyl (C=O) groups is 1. The van der Waals surface area contributed by atoms with Crippen LogP contribution in [0.25, 0.3) is 0 Å². The van der Waals surface area contributed by atoms with Gasteiger partial charge in [-0.3, -0.25) is 4.79 Å². The van der Waals surface area contributed by atoms with Crippen molar-refractivity contribution in [3.05, 3.63) is 84.4 Å². The minimum atomic E-state index is -0.139. The number of benzene rings is 3. The molecule has 0 aliphatic carbocycles. The zero-order chi connectivity index (χ0) is 21.0. The molecule has 0 bridgehead atoms. The lowest BCUT2D eigenvalue weighted by atomic mass is 10.2. The molecule has 0 saturated carbocycles. The van der Waals surface area contributed by atoms with Gasteiger partial charge in [-0.05, 0) is 60.7 Å². The van der Waals surface area contributed by atoms with Crippen molar-refractivity contribution < 1.29 is 19.0 Å². The van der Waals surface area contributed by atoms with Crippen LogP contribution in [0.2, 0.25) is 0 Å². The average molecular weight is 424 g/mol. The van der Waals surface area contributed by atoms with Crippen molar-refractivity contribution in [3.63, 3.8) is 0 Å². The zero-order valence-electron chi connectivity index (χ0n) is 16.9. The van der Waals surface area contributed by atoms with Crippen LogP contribution in [0.15, 0.2) is 83.8 Å². The summed E-state index contributed by atoms with van der Waals surface area (Å²) in [6.45, 7) is 1.41. The summed E-state index contributed by atoms with van der Waals surface area (Å²) in [6.07, 6.45) is 0. The maximum absolute atomic E-state index is 12.2. The molecule has 3 rings (SSSR count). The summed E-state index contributed by atoms with van der Waals surface area (Å²) >= 11 is 1.75. The number of ether oxygens (including phenoxy) is 3. The first-order valence-electron chi connectivity index (χ1n) is 9.70. The highest BCUT2D eigenvalue weighted by atomic mass is 32.2. The zero-order valence-corrected chi connectivity index (χ0v) is 17.7. The quantitative estimate of drug-likeness (QED) is 0.359. The summed E-state index contributed by atoms with van der Waals surface area (Å²) in [7, 11) is 1.62. The number of hydrogen-bond donors (Lipinski definition) is 1. The van der Waals surface area contributed by atoms with Crippen molar-refractivity contribution in [2.75, 3.05) is 32.6 Å². The van der Waals surface area contributed by atoms with E-state index >= 15 is 0 Å². The fourth-order valence-electron chi connectivity index (χ4n) is 2.65. The smallest absolute Gasteiger partial charge is 0.251 e. The molecule has 1 N–H and O–H groups in total. The van der Waals surface area contributed by atoms with Gasteiger partial charge in [-0.1, -0.05) is 18.2 Å². The lowest BCUT2D eigenvalue weighted by molar-refractivity contribution is 0.0947. The fraction of sp³-hybridized carbons (Fsp3) is 0.208. The van der Waals surface area contributed by atoms with Crippen LogP contribution in [0.4, 0.5) is 0 Å². The number of rotatable bonds is 11. The lowest BCUT2D eigenvalue weighted by Gasteiger charge is -2.09. The van der Waals surface area contributed by atoms with Crippen molar-refractivity contribution in [1.29, 1.82) is 0 Å². The van der Waals surface area contributed by atoms with E-state index in [1.807, 2.05) is 54.6 Å². The number of amides is 1. The third-order valence-electron chi connectivity index (χ3n) is 4.20. The van der Waals surface area contributed by atoms with Gasteiger partial charge < -0.3 is 19.5 Å². The first-order valence-corrected chi connectivity index (χ1v) is 10.7. The van der Waals surface area contributed by atoms with Crippen LogP contribution >= 0.6 is 11.8 Å². The summed E-state index contributed by atoms with van der Waals surface area (Å²) in [5, 5.41) is 2.85. The van der Waals surface area contributed by atoms with Gasteiger partial charge in [0.1, 0.15) is 23.9 Å². The van der Waals surface area contributed by atoms with Crippen molar-refractivity contribution in [1.82, 2.24) is 5.32 Å². The predicted octanol–water partition coefficient (Wildman–Crippen LogP) is 4.68. The highest BCUT2D eigenvalue weighted by Gasteiger charge is 2.05. The van der Waals surface area contributed by atoms with Gasteiger partial charge in [0.05, 0.1) is 20.3 Å². The molecule has 5 nitrogen and oxygen atoms in total. The number of methoxy groups -OCH3 is 1. The first kappa shape index (κ1) is 21.6. The molecule has 30 heavy (non-hydrogen) atoms. The Kier molecular flexibility index (Phi) is 8.47. The van der Waals surface area contributed by atoms with Crippen LogP contribution in [-0.2, 0) is 0 Å². The van der Waals surface area contributed by atoms with E-state index in [-0.39, 0.29) is 5.91 Å². The van der Waals surface area contributed by atoms with Crippen LogP contribution in [0.5, 0.6) is 17.2 Å². The van der Waals surface area contributed by atoms with Crippen LogP contribution < -0.4 is 19.5 Å². The summed E-state index contributed by atoms with van der Waals surface area (Å²) < 4.78 is 16.5. The molecule has 0 radical (unpaired) electrons. The highest BCUT2D eigenvalue weighted by molar-refractivity contribution is 7.99. The van der Waals surface area contributed by atoms with Gasteiger partial charge >= 0.3 is 0 Å². The predicted molar refractivity (Wildman–Crippen MR) is 120 cm³/mol. The van der Waals surface area contributed by atoms with E-state index in [1.165, 1.54) is 4.90 Å². The number of nitrogens with one attached hydrogen (secondary N) is 1. The highest BCUT2D eigenvalue weighted by Crippen LogP contribution is 2.18. The number of thioether (sulfide) groups is 1. The van der Waals surface area contributed by atoms with E-state index in [9.17, 15) is 4.79 Å². The topological polar surface area (TPSA) is 56.8 Å². The fourth-order valence-corrected chi connectivity index (χ4v) is 3.40. The Morgan fingerprint density at radius 1 is 0.800 bits per heavy atom. The van der Waals surface area contributed by atoms with E-state index in [0.29, 0.717) is 25.3 Å². The summed E-state index contributed by atoms with van der Waals surface area (Å²) in [6, 6.07) is 24.7. The minimum absolute atomic E-state index is 0.139. The molecular formula is C24H25NO4S. The standard InChI is InChI=1S/C24H25NO4S/c1-27-20-11-13-22(14-12-20)28-16-15-25-24(26)19-7-9-21(10-8-19)29-17-18-30-23-5-3-2-4-6-23/h2-14H,15-18H2,1H3,(H,25,26). The molecule has 156 valence electrons. The second-order valence-electron chi connectivity index (χ2n) is 6.31. The minimum Gasteiger partial charge on any atom is -0.497 e. The molecule has 3 aromatic carbocycles. The van der Waals surface area contributed by atoms with Gasteiger partial charge in [-0.2, -0.15) is 0 Å². The van der Waals surface area contributed by atoms with E-state index in [0.717, 1.165) is 23.0 Å². The second kappa shape index (κ2) is 11.8. The van der Waals surface area contributed by atoms with Crippen molar-refractivity contribution in [2.45, 2.75) is 4.90 Å². The molecule has 0 aromatic heterocycles. The molecule has 0 unspecified atom stereocenters. The molecular weight excluding hydrogens is 398 g/mol. The van der Waals surface area contributed by atoms with Gasteiger partial charge in [0.25, 0.3) is 5.91 Å². The Bertz CT molecular complexity index is 899. The summed E-state index contributed by atoms with van der Waals surface area (Å²) in [5.74, 6) is 2.98. The van der Waals surface area contributed by atoms with Crippen LogP contribution in [0.1, 0.15) is 10.4 Å². The van der Waals surface area contributed by atoms with Gasteiger partial charge in [-0.25, -0.2) is 0 Å². The third-order valence-corrected chi connectivity index (χ3v) is 5.17. The lowest BCUT2D eigenvalue weighted by Crippen LogP contribution is -2.28. The average Bonchev–Trinajstić information content (AvgIpc) is 2.81. The number of hydrogen-bond acceptors (Lipinski definition) is 5. The Morgan fingerprint density at radius 3 is 2.07 bits per heavy atom. The monoisotopic (exact) mass is 423 g/mol.